The Kier molecular flexibility index (Phi) is 7.83. The third-order valence-electron chi connectivity index (χ3n) is 4.93. The smallest absolute Gasteiger partial charge is 0.267 e. The zero-order chi connectivity index (χ0) is 26.1. The third-order valence-corrected chi connectivity index (χ3v) is 9.01. The number of halogens is 4. The van der Waals surface area contributed by atoms with E-state index in [9.17, 15) is 9.59 Å². The number of anilines is 2. The summed E-state index contributed by atoms with van der Waals surface area (Å²) in [6.45, 7) is 0. The molecule has 3 heterocycles. The molecule has 0 aliphatic carbocycles. The summed E-state index contributed by atoms with van der Waals surface area (Å²) in [5.41, 5.74) is 2.89. The number of carbonyl (C=O) groups excluding carboxylic acids is 2. The molecule has 5 rings (SSSR count). The highest BCUT2D eigenvalue weighted by atomic mass is 35.5. The number of nitrogens with zero attached hydrogens (tertiary/aromatic N) is 2. The van der Waals surface area contributed by atoms with Gasteiger partial charge in [-0.15, -0.1) is 34.0 Å². The van der Waals surface area contributed by atoms with E-state index in [0.29, 0.717) is 51.5 Å². The zero-order valence-electron chi connectivity index (χ0n) is 18.2. The summed E-state index contributed by atoms with van der Waals surface area (Å²) in [7, 11) is 0. The van der Waals surface area contributed by atoms with E-state index in [1.807, 2.05) is 10.8 Å². The van der Waals surface area contributed by atoms with E-state index >= 15 is 0 Å². The molecule has 2 aromatic carbocycles. The van der Waals surface area contributed by atoms with Crippen molar-refractivity contribution in [1.82, 2.24) is 9.97 Å². The number of aromatic nitrogens is 2. The van der Waals surface area contributed by atoms with Crippen molar-refractivity contribution in [2.45, 2.75) is 0 Å². The minimum Gasteiger partial charge on any atom is -0.297 e. The van der Waals surface area contributed by atoms with Crippen LogP contribution in [-0.2, 0) is 0 Å². The standard InChI is InChI=1S/C24H12Cl4N4O2S3/c25-13-3-1-11(7-15(13)27)17-9-35-23(29-17)31-21(33)19-5-6-20(37-19)22(34)32-24-30-18(10-36-24)12-2-4-14(26)16(28)8-12/h1-10H,(H,29,31,33)(H,30,32,34). The summed E-state index contributed by atoms with van der Waals surface area (Å²) in [5, 5.41) is 11.7. The van der Waals surface area contributed by atoms with Crippen LogP contribution in [0.3, 0.4) is 0 Å². The van der Waals surface area contributed by atoms with Crippen molar-refractivity contribution in [2.75, 3.05) is 10.6 Å². The number of rotatable bonds is 6. The van der Waals surface area contributed by atoms with Crippen molar-refractivity contribution in [1.29, 1.82) is 0 Å². The van der Waals surface area contributed by atoms with Gasteiger partial charge in [-0.25, -0.2) is 9.97 Å². The number of thiazole rings is 2. The predicted octanol–water partition coefficient (Wildman–Crippen LogP) is 9.11. The molecular weight excluding hydrogens is 614 g/mol. The second-order valence-corrected chi connectivity index (χ2v) is 11.8. The lowest BCUT2D eigenvalue weighted by Gasteiger charge is -2.01. The van der Waals surface area contributed by atoms with E-state index in [4.69, 9.17) is 46.4 Å². The molecule has 0 spiro atoms. The molecule has 6 nitrogen and oxygen atoms in total. The average molecular weight is 626 g/mol. The molecule has 0 atom stereocenters. The third kappa shape index (κ3) is 5.99. The molecule has 0 fully saturated rings. The van der Waals surface area contributed by atoms with E-state index in [1.165, 1.54) is 22.7 Å². The molecule has 0 saturated carbocycles. The Hall–Kier alpha value is -2.50. The number of hydrogen-bond donors (Lipinski definition) is 2. The van der Waals surface area contributed by atoms with Gasteiger partial charge in [-0.05, 0) is 36.4 Å². The largest absolute Gasteiger partial charge is 0.297 e. The maximum absolute atomic E-state index is 12.7. The Morgan fingerprint density at radius 2 is 1.05 bits per heavy atom. The lowest BCUT2D eigenvalue weighted by atomic mass is 10.2. The van der Waals surface area contributed by atoms with Crippen LogP contribution in [0.25, 0.3) is 22.5 Å². The quantitative estimate of drug-likeness (QED) is 0.197. The normalized spacial score (nSPS) is 10.9. The molecule has 186 valence electrons. The fourth-order valence-corrected chi connectivity index (χ4v) is 5.96. The lowest BCUT2D eigenvalue weighted by Crippen LogP contribution is -2.11. The summed E-state index contributed by atoms with van der Waals surface area (Å²) in [4.78, 5) is 35.1. The molecule has 0 radical (unpaired) electrons. The van der Waals surface area contributed by atoms with Crippen molar-refractivity contribution in [3.05, 3.63) is 89.1 Å². The first-order valence-electron chi connectivity index (χ1n) is 10.3. The highest BCUT2D eigenvalue weighted by molar-refractivity contribution is 7.17. The lowest BCUT2D eigenvalue weighted by molar-refractivity contribution is 0.102. The maximum Gasteiger partial charge on any atom is 0.267 e. The van der Waals surface area contributed by atoms with Gasteiger partial charge in [0.2, 0.25) is 0 Å². The average Bonchev–Trinajstić information content (AvgIpc) is 3.64. The highest BCUT2D eigenvalue weighted by Gasteiger charge is 2.17. The van der Waals surface area contributed by atoms with Gasteiger partial charge >= 0.3 is 0 Å². The first-order chi connectivity index (χ1) is 17.8. The molecule has 0 aliphatic heterocycles. The monoisotopic (exact) mass is 624 g/mol. The number of nitrogens with one attached hydrogen (secondary N) is 2. The second-order valence-electron chi connectivity index (χ2n) is 7.41. The fourth-order valence-electron chi connectivity index (χ4n) is 3.14. The van der Waals surface area contributed by atoms with Gasteiger partial charge < -0.3 is 0 Å². The second kappa shape index (κ2) is 11.1. The topological polar surface area (TPSA) is 84.0 Å². The molecule has 13 heteroatoms. The van der Waals surface area contributed by atoms with Crippen molar-refractivity contribution in [3.63, 3.8) is 0 Å². The molecule has 5 aromatic rings. The Balaban J connectivity index is 1.23. The Labute approximate surface area is 242 Å². The molecule has 0 saturated heterocycles. The Morgan fingerprint density at radius 3 is 1.46 bits per heavy atom. The minimum absolute atomic E-state index is 0.366. The number of benzene rings is 2. The number of amides is 2. The fraction of sp³-hybridized carbons (Fsp3) is 0. The van der Waals surface area contributed by atoms with Crippen molar-refractivity contribution in [3.8, 4) is 22.5 Å². The van der Waals surface area contributed by atoms with Gasteiger partial charge in [-0.1, -0.05) is 58.5 Å². The first-order valence-corrected chi connectivity index (χ1v) is 14.4. The van der Waals surface area contributed by atoms with E-state index in [-0.39, 0.29) is 11.8 Å². The van der Waals surface area contributed by atoms with Crippen LogP contribution in [0.2, 0.25) is 20.1 Å². The van der Waals surface area contributed by atoms with E-state index in [0.717, 1.165) is 22.5 Å². The minimum atomic E-state index is -0.366. The maximum atomic E-state index is 12.7. The van der Waals surface area contributed by atoms with Gasteiger partial charge in [0, 0.05) is 21.9 Å². The first kappa shape index (κ1) is 26.1. The molecule has 0 unspecified atom stereocenters. The zero-order valence-corrected chi connectivity index (χ0v) is 23.7. The summed E-state index contributed by atoms with van der Waals surface area (Å²) >= 11 is 27.7. The van der Waals surface area contributed by atoms with E-state index in [1.54, 1.807) is 48.5 Å². The van der Waals surface area contributed by atoms with E-state index < -0.39 is 0 Å². The van der Waals surface area contributed by atoms with Crippen molar-refractivity contribution < 1.29 is 9.59 Å². The van der Waals surface area contributed by atoms with Crippen LogP contribution < -0.4 is 10.6 Å². The van der Waals surface area contributed by atoms with Crippen LogP contribution in [0, 0.1) is 0 Å². The number of carbonyl (C=O) groups is 2. The van der Waals surface area contributed by atoms with Crippen LogP contribution in [-0.4, -0.2) is 21.8 Å². The predicted molar refractivity (Wildman–Crippen MR) is 155 cm³/mol. The van der Waals surface area contributed by atoms with Crippen LogP contribution in [0.4, 0.5) is 10.3 Å². The summed E-state index contributed by atoms with van der Waals surface area (Å²) < 4.78 is 0. The SMILES string of the molecule is O=C(Nc1nc(-c2ccc(Cl)c(Cl)c2)cs1)c1ccc(C(=O)Nc2nc(-c3ccc(Cl)c(Cl)c3)cs2)s1. The molecule has 2 N–H and O–H groups in total. The summed E-state index contributed by atoms with van der Waals surface area (Å²) in [5.74, 6) is -0.731. The molecule has 3 aromatic heterocycles. The van der Waals surface area contributed by atoms with Crippen LogP contribution >= 0.6 is 80.4 Å². The van der Waals surface area contributed by atoms with Crippen LogP contribution in [0.5, 0.6) is 0 Å². The van der Waals surface area contributed by atoms with Gasteiger partial charge in [0.15, 0.2) is 10.3 Å². The van der Waals surface area contributed by atoms with Crippen LogP contribution in [0.15, 0.2) is 59.3 Å². The summed E-state index contributed by atoms with van der Waals surface area (Å²) in [6, 6.07) is 13.6. The Bertz CT molecular complexity index is 1530. The van der Waals surface area contributed by atoms with Gasteiger partial charge in [-0.2, -0.15) is 0 Å². The van der Waals surface area contributed by atoms with Gasteiger partial charge in [0.05, 0.1) is 41.2 Å². The highest BCUT2D eigenvalue weighted by Crippen LogP contribution is 2.32. The molecule has 0 aliphatic rings. The molecule has 37 heavy (non-hydrogen) atoms. The van der Waals surface area contributed by atoms with E-state index in [2.05, 4.69) is 20.6 Å². The molecule has 0 bridgehead atoms. The number of thiophene rings is 1. The van der Waals surface area contributed by atoms with Crippen LogP contribution in [0.1, 0.15) is 19.3 Å². The van der Waals surface area contributed by atoms with Gasteiger partial charge in [0.1, 0.15) is 0 Å². The number of hydrogen-bond acceptors (Lipinski definition) is 7. The van der Waals surface area contributed by atoms with Gasteiger partial charge in [-0.3, -0.25) is 20.2 Å². The van der Waals surface area contributed by atoms with Crippen molar-refractivity contribution >= 4 is 102 Å². The molecular formula is C24H12Cl4N4O2S3. The summed E-state index contributed by atoms with van der Waals surface area (Å²) in [6.07, 6.45) is 0. The Morgan fingerprint density at radius 1 is 0.622 bits per heavy atom. The van der Waals surface area contributed by atoms with Gasteiger partial charge in [0.25, 0.3) is 11.8 Å². The van der Waals surface area contributed by atoms with Crippen molar-refractivity contribution in [2.24, 2.45) is 0 Å². The molecule has 2 amide bonds.